The van der Waals surface area contributed by atoms with Crippen LogP contribution >= 0.6 is 15.9 Å². The van der Waals surface area contributed by atoms with Crippen LogP contribution in [0.3, 0.4) is 0 Å². The van der Waals surface area contributed by atoms with E-state index in [0.717, 1.165) is 16.7 Å². The summed E-state index contributed by atoms with van der Waals surface area (Å²) in [6.45, 7) is 1.98. The molecule has 2 aromatic rings. The third-order valence-electron chi connectivity index (χ3n) is 3.63. The fraction of sp³-hybridized carbons (Fsp3) is 0.250. The highest BCUT2D eigenvalue weighted by atomic mass is 79.9. The van der Waals surface area contributed by atoms with E-state index in [4.69, 9.17) is 19.8 Å². The van der Waals surface area contributed by atoms with Crippen molar-refractivity contribution in [3.05, 3.63) is 64.6 Å². The van der Waals surface area contributed by atoms with Crippen LogP contribution in [0.4, 0.5) is 5.69 Å². The second-order valence-electron chi connectivity index (χ2n) is 5.90. The fourth-order valence-electron chi connectivity index (χ4n) is 2.27. The number of halogens is 1. The minimum Gasteiger partial charge on any atom is -0.473 e. The molecule has 4 N–H and O–H groups in total. The van der Waals surface area contributed by atoms with Gasteiger partial charge in [-0.1, -0.05) is 46.3 Å². The van der Waals surface area contributed by atoms with Crippen molar-refractivity contribution in [3.63, 3.8) is 0 Å². The number of nitrogens with one attached hydrogen (secondary N) is 1. The van der Waals surface area contributed by atoms with Crippen molar-refractivity contribution >= 4 is 39.5 Å². The molecule has 2 rings (SSSR count). The van der Waals surface area contributed by atoms with Gasteiger partial charge in [-0.2, -0.15) is 0 Å². The van der Waals surface area contributed by atoms with Gasteiger partial charge in [0.25, 0.3) is 0 Å². The molecule has 0 unspecified atom stereocenters. The van der Waals surface area contributed by atoms with Crippen molar-refractivity contribution in [2.75, 3.05) is 25.0 Å². The van der Waals surface area contributed by atoms with Gasteiger partial charge in [0.15, 0.2) is 0 Å². The van der Waals surface area contributed by atoms with Crippen molar-refractivity contribution in [2.24, 2.45) is 0 Å². The molecule has 156 valence electrons. The zero-order valence-electron chi connectivity index (χ0n) is 15.6. The number of carbonyl (C=O) groups excluding carboxylic acids is 1. The van der Waals surface area contributed by atoms with Gasteiger partial charge >= 0.3 is 11.9 Å². The summed E-state index contributed by atoms with van der Waals surface area (Å²) in [6.07, 6.45) is 0.392. The molecule has 0 aromatic heterocycles. The number of aliphatic hydroxyl groups excluding tert-OH is 1. The number of nitrogens with zero attached hydrogens (tertiary/aromatic N) is 1. The maximum atomic E-state index is 12.0. The number of aliphatic hydroxyl groups is 1. The molecule has 0 aliphatic heterocycles. The first-order valence-electron chi connectivity index (χ1n) is 8.70. The second kappa shape index (κ2) is 13.4. The molecule has 0 aliphatic carbocycles. The molecule has 0 heterocycles. The van der Waals surface area contributed by atoms with E-state index in [1.54, 1.807) is 0 Å². The quantitative estimate of drug-likeness (QED) is 0.439. The summed E-state index contributed by atoms with van der Waals surface area (Å²) in [4.78, 5) is 32.3. The van der Waals surface area contributed by atoms with Crippen LogP contribution in [0.15, 0.2) is 59.1 Å². The van der Waals surface area contributed by atoms with E-state index in [2.05, 4.69) is 26.1 Å². The molecule has 29 heavy (non-hydrogen) atoms. The van der Waals surface area contributed by atoms with Gasteiger partial charge in [-0.3, -0.25) is 9.69 Å². The Bertz CT molecular complexity index is 771. The molecular formula is C20H23BrN2O6. The number of carboxylic acids is 2. The van der Waals surface area contributed by atoms with Gasteiger partial charge < -0.3 is 20.6 Å². The first-order valence-corrected chi connectivity index (χ1v) is 9.50. The lowest BCUT2D eigenvalue weighted by Gasteiger charge is -2.21. The van der Waals surface area contributed by atoms with Crippen molar-refractivity contribution in [1.29, 1.82) is 0 Å². The number of aliphatic carboxylic acids is 2. The predicted molar refractivity (Wildman–Crippen MR) is 111 cm³/mol. The van der Waals surface area contributed by atoms with Crippen molar-refractivity contribution in [1.82, 2.24) is 4.90 Å². The van der Waals surface area contributed by atoms with Crippen LogP contribution in [-0.4, -0.2) is 57.8 Å². The lowest BCUT2D eigenvalue weighted by atomic mass is 10.2. The summed E-state index contributed by atoms with van der Waals surface area (Å²) < 4.78 is 0.979. The molecule has 0 fully saturated rings. The van der Waals surface area contributed by atoms with Gasteiger partial charge in [-0.25, -0.2) is 9.59 Å². The maximum Gasteiger partial charge on any atom is 0.414 e. The average molecular weight is 467 g/mol. The van der Waals surface area contributed by atoms with E-state index in [0.29, 0.717) is 19.5 Å². The van der Waals surface area contributed by atoms with E-state index in [1.807, 2.05) is 54.6 Å². The van der Waals surface area contributed by atoms with Crippen molar-refractivity contribution in [3.8, 4) is 0 Å². The van der Waals surface area contributed by atoms with Gasteiger partial charge in [0, 0.05) is 36.2 Å². The summed E-state index contributed by atoms with van der Waals surface area (Å²) in [5.41, 5.74) is 1.96. The van der Waals surface area contributed by atoms with Gasteiger partial charge in [0.2, 0.25) is 5.91 Å². The molecule has 0 saturated heterocycles. The Morgan fingerprint density at radius 1 is 0.897 bits per heavy atom. The summed E-state index contributed by atoms with van der Waals surface area (Å²) >= 11 is 3.37. The zero-order chi connectivity index (χ0) is 21.6. The molecule has 9 heteroatoms. The molecule has 0 aliphatic rings. The van der Waals surface area contributed by atoms with Gasteiger partial charge in [-0.05, 0) is 29.8 Å². The number of amides is 1. The number of hydrogen-bond acceptors (Lipinski definition) is 5. The van der Waals surface area contributed by atoms with Crippen LogP contribution in [0.2, 0.25) is 0 Å². The largest absolute Gasteiger partial charge is 0.473 e. The Morgan fingerprint density at radius 2 is 1.48 bits per heavy atom. The Kier molecular flexibility index (Phi) is 11.2. The lowest BCUT2D eigenvalue weighted by molar-refractivity contribution is -0.159. The van der Waals surface area contributed by atoms with Gasteiger partial charge in [0.05, 0.1) is 6.61 Å². The van der Waals surface area contributed by atoms with Crippen LogP contribution in [0.5, 0.6) is 0 Å². The highest BCUT2D eigenvalue weighted by Crippen LogP contribution is 2.14. The van der Waals surface area contributed by atoms with E-state index < -0.39 is 11.9 Å². The Balaban J connectivity index is 0.000000612. The lowest BCUT2D eigenvalue weighted by Crippen LogP contribution is -2.30. The van der Waals surface area contributed by atoms with Gasteiger partial charge in [0.1, 0.15) is 0 Å². The number of benzene rings is 2. The van der Waals surface area contributed by atoms with Crippen LogP contribution in [0.25, 0.3) is 0 Å². The average Bonchev–Trinajstić information content (AvgIpc) is 2.69. The molecule has 8 nitrogen and oxygen atoms in total. The van der Waals surface area contributed by atoms with Gasteiger partial charge in [-0.15, -0.1) is 0 Å². The third kappa shape index (κ3) is 11.0. The topological polar surface area (TPSA) is 127 Å². The molecule has 2 aromatic carbocycles. The standard InChI is InChI=1S/C18H21BrN2O2.C2H2O4/c19-16-6-8-17(9-7-16)20-18(23)10-11-21(12-13-22)14-15-4-2-1-3-5-15;3-1(4)2(5)6/h1-9,22H,10-14H2,(H,20,23);(H,3,4)(H,5,6). The molecule has 1 amide bonds. The Hall–Kier alpha value is -2.75. The van der Waals surface area contributed by atoms with E-state index in [-0.39, 0.29) is 12.5 Å². The summed E-state index contributed by atoms with van der Waals surface area (Å²) in [5, 5.41) is 26.9. The summed E-state index contributed by atoms with van der Waals surface area (Å²) in [6, 6.07) is 17.6. The van der Waals surface area contributed by atoms with Crippen LogP contribution in [0.1, 0.15) is 12.0 Å². The first-order chi connectivity index (χ1) is 13.8. The molecule has 0 saturated carbocycles. The minimum atomic E-state index is -1.82. The SMILES string of the molecule is O=C(CCN(CCO)Cc1ccccc1)Nc1ccc(Br)cc1.O=C(O)C(=O)O. The van der Waals surface area contributed by atoms with Crippen molar-refractivity contribution in [2.45, 2.75) is 13.0 Å². The summed E-state index contributed by atoms with van der Waals surface area (Å²) in [7, 11) is 0. The molecular weight excluding hydrogens is 444 g/mol. The molecule has 0 spiro atoms. The minimum absolute atomic E-state index is 0.0247. The third-order valence-corrected chi connectivity index (χ3v) is 4.16. The second-order valence-corrected chi connectivity index (χ2v) is 6.82. The number of carbonyl (C=O) groups is 3. The smallest absolute Gasteiger partial charge is 0.414 e. The Morgan fingerprint density at radius 3 is 2.00 bits per heavy atom. The highest BCUT2D eigenvalue weighted by molar-refractivity contribution is 9.10. The van der Waals surface area contributed by atoms with E-state index in [1.165, 1.54) is 5.56 Å². The number of rotatable bonds is 8. The maximum absolute atomic E-state index is 12.0. The van der Waals surface area contributed by atoms with Crippen LogP contribution < -0.4 is 5.32 Å². The Labute approximate surface area is 176 Å². The fourth-order valence-corrected chi connectivity index (χ4v) is 2.53. The van der Waals surface area contributed by atoms with E-state index >= 15 is 0 Å². The number of carboxylic acid groups (broad SMARTS) is 2. The normalized spacial score (nSPS) is 10.0. The van der Waals surface area contributed by atoms with Crippen molar-refractivity contribution < 1.29 is 29.7 Å². The van der Waals surface area contributed by atoms with Crippen LogP contribution in [0, 0.1) is 0 Å². The molecule has 0 radical (unpaired) electrons. The predicted octanol–water partition coefficient (Wildman–Crippen LogP) is 2.43. The number of anilines is 1. The monoisotopic (exact) mass is 466 g/mol. The molecule has 0 atom stereocenters. The zero-order valence-corrected chi connectivity index (χ0v) is 17.2. The summed E-state index contributed by atoms with van der Waals surface area (Å²) in [5.74, 6) is -3.67. The highest BCUT2D eigenvalue weighted by Gasteiger charge is 2.09. The van der Waals surface area contributed by atoms with E-state index in [9.17, 15) is 9.90 Å². The molecule has 0 bridgehead atoms. The van der Waals surface area contributed by atoms with Crippen LogP contribution in [-0.2, 0) is 20.9 Å². The first kappa shape index (κ1) is 24.3. The number of hydrogen-bond donors (Lipinski definition) is 4.